The van der Waals surface area contributed by atoms with Crippen LogP contribution in [0.25, 0.3) is 22.4 Å². The number of hydrogen-bond acceptors (Lipinski definition) is 9. The third-order valence-electron chi connectivity index (χ3n) is 4.54. The van der Waals surface area contributed by atoms with Crippen molar-refractivity contribution in [3.63, 3.8) is 0 Å². The quantitative estimate of drug-likeness (QED) is 0.372. The standard InChI is InChI=1S/C21H16N6O3S/c1-13-22-23-17(29-13)12-31-21-25-24-19(30-21)18-15-9-5-6-10-16(15)20(28)27(26-18)11-14-7-3-2-4-8-14/h2-10H,11-12H2,1H3. The minimum absolute atomic E-state index is 0.177. The van der Waals surface area contributed by atoms with Gasteiger partial charge < -0.3 is 8.83 Å². The van der Waals surface area contributed by atoms with Gasteiger partial charge in [0.25, 0.3) is 16.7 Å². The fraction of sp³-hybridized carbons (Fsp3) is 0.143. The highest BCUT2D eigenvalue weighted by Gasteiger charge is 2.18. The maximum absolute atomic E-state index is 13.0. The minimum Gasteiger partial charge on any atom is -0.425 e. The van der Waals surface area contributed by atoms with Gasteiger partial charge in [-0.15, -0.1) is 20.4 Å². The van der Waals surface area contributed by atoms with Crippen molar-refractivity contribution in [2.45, 2.75) is 24.4 Å². The van der Waals surface area contributed by atoms with E-state index < -0.39 is 0 Å². The predicted octanol–water partition coefficient (Wildman–Crippen LogP) is 3.48. The van der Waals surface area contributed by atoms with Crippen LogP contribution in [-0.2, 0) is 12.3 Å². The predicted molar refractivity (Wildman–Crippen MR) is 113 cm³/mol. The second-order valence-corrected chi connectivity index (χ2v) is 7.65. The first kappa shape index (κ1) is 19.2. The van der Waals surface area contributed by atoms with E-state index in [2.05, 4.69) is 25.5 Å². The van der Waals surface area contributed by atoms with E-state index in [-0.39, 0.29) is 11.4 Å². The molecule has 0 aliphatic rings. The second kappa shape index (κ2) is 8.15. The first-order valence-electron chi connectivity index (χ1n) is 9.47. The van der Waals surface area contributed by atoms with Crippen LogP contribution in [0.2, 0.25) is 0 Å². The highest BCUT2D eigenvalue weighted by atomic mass is 32.2. The fourth-order valence-corrected chi connectivity index (χ4v) is 3.74. The molecule has 0 aliphatic carbocycles. The molecule has 0 saturated heterocycles. The average Bonchev–Trinajstić information content (AvgIpc) is 3.44. The number of aryl methyl sites for hydroxylation is 1. The Hall–Kier alpha value is -3.79. The molecule has 3 heterocycles. The van der Waals surface area contributed by atoms with E-state index in [1.165, 1.54) is 16.4 Å². The van der Waals surface area contributed by atoms with E-state index in [0.29, 0.717) is 45.8 Å². The molecule has 0 amide bonds. The van der Waals surface area contributed by atoms with Crippen LogP contribution in [0.4, 0.5) is 0 Å². The van der Waals surface area contributed by atoms with Gasteiger partial charge in [0.2, 0.25) is 11.8 Å². The molecule has 5 rings (SSSR count). The summed E-state index contributed by atoms with van der Waals surface area (Å²) in [5, 5.41) is 22.1. The van der Waals surface area contributed by atoms with Crippen LogP contribution in [0, 0.1) is 6.92 Å². The summed E-state index contributed by atoms with van der Waals surface area (Å²) in [6, 6.07) is 16.9. The third kappa shape index (κ3) is 3.97. The number of nitrogens with zero attached hydrogens (tertiary/aromatic N) is 6. The number of benzene rings is 2. The van der Waals surface area contributed by atoms with Crippen molar-refractivity contribution in [3.8, 4) is 11.6 Å². The van der Waals surface area contributed by atoms with Crippen LogP contribution in [0.1, 0.15) is 17.3 Å². The monoisotopic (exact) mass is 432 g/mol. The van der Waals surface area contributed by atoms with Crippen LogP contribution < -0.4 is 5.56 Å². The zero-order valence-corrected chi connectivity index (χ0v) is 17.2. The molecule has 0 saturated carbocycles. The molecule has 0 atom stereocenters. The molecule has 0 spiro atoms. The molecule has 0 fully saturated rings. The largest absolute Gasteiger partial charge is 0.425 e. The maximum atomic E-state index is 13.0. The van der Waals surface area contributed by atoms with Crippen molar-refractivity contribution < 1.29 is 8.83 Å². The number of hydrogen-bond donors (Lipinski definition) is 0. The SMILES string of the molecule is Cc1nnc(CSc2nnc(-c3nn(Cc4ccccc4)c(=O)c4ccccc34)o2)o1. The summed E-state index contributed by atoms with van der Waals surface area (Å²) in [4.78, 5) is 13.0. The average molecular weight is 432 g/mol. The summed E-state index contributed by atoms with van der Waals surface area (Å²) in [6.45, 7) is 2.07. The molecule has 0 aliphatic heterocycles. The van der Waals surface area contributed by atoms with Gasteiger partial charge >= 0.3 is 0 Å². The topological polar surface area (TPSA) is 113 Å². The lowest BCUT2D eigenvalue weighted by Crippen LogP contribution is -2.24. The lowest BCUT2D eigenvalue weighted by atomic mass is 10.1. The smallest absolute Gasteiger partial charge is 0.277 e. The van der Waals surface area contributed by atoms with Gasteiger partial charge in [-0.25, -0.2) is 4.68 Å². The summed E-state index contributed by atoms with van der Waals surface area (Å²) < 4.78 is 12.6. The number of fused-ring (bicyclic) bond motifs is 1. The maximum Gasteiger partial charge on any atom is 0.277 e. The van der Waals surface area contributed by atoms with Gasteiger partial charge in [0, 0.05) is 12.3 Å². The number of aromatic nitrogens is 6. The molecule has 0 N–H and O–H groups in total. The molecule has 5 aromatic rings. The van der Waals surface area contributed by atoms with E-state index in [1.807, 2.05) is 48.5 Å². The summed E-state index contributed by atoms with van der Waals surface area (Å²) >= 11 is 1.28. The summed E-state index contributed by atoms with van der Waals surface area (Å²) in [5.41, 5.74) is 1.25. The van der Waals surface area contributed by atoms with Crippen LogP contribution >= 0.6 is 11.8 Å². The molecule has 2 aromatic carbocycles. The molecule has 31 heavy (non-hydrogen) atoms. The Morgan fingerprint density at radius 3 is 2.45 bits per heavy atom. The van der Waals surface area contributed by atoms with Crippen molar-refractivity contribution in [1.82, 2.24) is 30.2 Å². The van der Waals surface area contributed by atoms with Crippen molar-refractivity contribution in [2.75, 3.05) is 0 Å². The first-order chi connectivity index (χ1) is 15.2. The van der Waals surface area contributed by atoms with E-state index in [4.69, 9.17) is 8.83 Å². The van der Waals surface area contributed by atoms with Gasteiger partial charge in [-0.1, -0.05) is 60.3 Å². The van der Waals surface area contributed by atoms with Crippen molar-refractivity contribution >= 4 is 22.5 Å². The Labute approximate surface area is 180 Å². The zero-order chi connectivity index (χ0) is 21.2. The van der Waals surface area contributed by atoms with Crippen LogP contribution in [-0.4, -0.2) is 30.2 Å². The number of thioether (sulfide) groups is 1. The van der Waals surface area contributed by atoms with Crippen molar-refractivity contribution in [3.05, 3.63) is 82.3 Å². The molecule has 3 aromatic heterocycles. The lowest BCUT2D eigenvalue weighted by molar-refractivity contribution is 0.459. The van der Waals surface area contributed by atoms with Gasteiger partial charge in [-0.3, -0.25) is 4.79 Å². The Balaban J connectivity index is 1.51. The molecule has 0 radical (unpaired) electrons. The van der Waals surface area contributed by atoms with E-state index in [9.17, 15) is 4.79 Å². The van der Waals surface area contributed by atoms with E-state index >= 15 is 0 Å². The summed E-state index contributed by atoms with van der Waals surface area (Å²) in [7, 11) is 0. The van der Waals surface area contributed by atoms with Crippen molar-refractivity contribution in [2.24, 2.45) is 0 Å². The van der Waals surface area contributed by atoms with Gasteiger partial charge in [0.1, 0.15) is 0 Å². The lowest BCUT2D eigenvalue weighted by Gasteiger charge is -2.09. The van der Waals surface area contributed by atoms with E-state index in [0.717, 1.165) is 5.56 Å². The van der Waals surface area contributed by atoms with Crippen LogP contribution in [0.3, 0.4) is 0 Å². The molecule has 0 unspecified atom stereocenters. The fourth-order valence-electron chi connectivity index (χ4n) is 3.14. The number of rotatable bonds is 6. The zero-order valence-electron chi connectivity index (χ0n) is 16.4. The Kier molecular flexibility index (Phi) is 5.04. The van der Waals surface area contributed by atoms with Crippen LogP contribution in [0.5, 0.6) is 0 Å². The van der Waals surface area contributed by atoms with Crippen molar-refractivity contribution in [1.29, 1.82) is 0 Å². The first-order valence-corrected chi connectivity index (χ1v) is 10.5. The molecule has 0 bridgehead atoms. The molecule has 10 heteroatoms. The Bertz CT molecular complexity index is 1410. The molecule has 9 nitrogen and oxygen atoms in total. The van der Waals surface area contributed by atoms with E-state index in [1.54, 1.807) is 13.0 Å². The Morgan fingerprint density at radius 2 is 1.68 bits per heavy atom. The van der Waals surface area contributed by atoms with Gasteiger partial charge in [0.15, 0.2) is 5.69 Å². The minimum atomic E-state index is -0.177. The van der Waals surface area contributed by atoms with Crippen LogP contribution in [0.15, 0.2) is 73.4 Å². The highest BCUT2D eigenvalue weighted by Crippen LogP contribution is 2.28. The molecular weight excluding hydrogens is 416 g/mol. The Morgan fingerprint density at radius 1 is 0.903 bits per heavy atom. The van der Waals surface area contributed by atoms with Gasteiger partial charge in [0.05, 0.1) is 17.7 Å². The normalized spacial score (nSPS) is 11.3. The molecular formula is C21H16N6O3S. The molecule has 154 valence electrons. The second-order valence-electron chi connectivity index (χ2n) is 6.72. The summed E-state index contributed by atoms with van der Waals surface area (Å²) in [5.74, 6) is 1.62. The third-order valence-corrected chi connectivity index (χ3v) is 5.34. The van der Waals surface area contributed by atoms with Gasteiger partial charge in [-0.05, 0) is 11.6 Å². The highest BCUT2D eigenvalue weighted by molar-refractivity contribution is 7.98. The van der Waals surface area contributed by atoms with Gasteiger partial charge in [-0.2, -0.15) is 5.10 Å². The summed E-state index contributed by atoms with van der Waals surface area (Å²) in [6.07, 6.45) is 0.